The summed E-state index contributed by atoms with van der Waals surface area (Å²) in [5.74, 6) is 0.985. The quantitative estimate of drug-likeness (QED) is 0.823. The van der Waals surface area contributed by atoms with E-state index in [0.29, 0.717) is 0 Å². The highest BCUT2D eigenvalue weighted by Crippen LogP contribution is 2.11. The second-order valence-corrected chi connectivity index (χ2v) is 4.55. The molecule has 1 saturated heterocycles. The number of anilines is 1. The third-order valence-corrected chi connectivity index (χ3v) is 3.19. The molecule has 4 heteroatoms. The van der Waals surface area contributed by atoms with Crippen molar-refractivity contribution in [3.8, 4) is 0 Å². The zero-order valence-corrected chi connectivity index (χ0v) is 10.4. The number of nitrogens with one attached hydrogen (secondary N) is 1. The van der Waals surface area contributed by atoms with Crippen LogP contribution in [0.5, 0.6) is 0 Å². The number of imidazole rings is 1. The predicted octanol–water partition coefficient (Wildman–Crippen LogP) is 1.72. The first kappa shape index (κ1) is 11.5. The largest absolute Gasteiger partial charge is 0.359 e. The van der Waals surface area contributed by atoms with E-state index in [2.05, 4.69) is 26.0 Å². The number of rotatable bonds is 5. The lowest BCUT2D eigenvalue weighted by molar-refractivity contribution is 0.325. The molecule has 16 heavy (non-hydrogen) atoms. The minimum Gasteiger partial charge on any atom is -0.359 e. The molecule has 0 amide bonds. The molecule has 0 bridgehead atoms. The lowest BCUT2D eigenvalue weighted by atomic mass is 10.4. The Morgan fingerprint density at radius 3 is 2.75 bits per heavy atom. The monoisotopic (exact) mass is 222 g/mol. The fourth-order valence-electron chi connectivity index (χ4n) is 2.39. The van der Waals surface area contributed by atoms with Gasteiger partial charge in [0, 0.05) is 19.8 Å². The predicted molar refractivity (Wildman–Crippen MR) is 66.8 cm³/mol. The van der Waals surface area contributed by atoms with Gasteiger partial charge >= 0.3 is 0 Å². The lowest BCUT2D eigenvalue weighted by Crippen LogP contribution is -2.21. The maximum atomic E-state index is 4.42. The third-order valence-electron chi connectivity index (χ3n) is 3.19. The molecule has 2 rings (SSSR count). The van der Waals surface area contributed by atoms with Crippen molar-refractivity contribution in [3.63, 3.8) is 0 Å². The average Bonchev–Trinajstić information content (AvgIpc) is 2.88. The van der Waals surface area contributed by atoms with Gasteiger partial charge in [0.25, 0.3) is 0 Å². The van der Waals surface area contributed by atoms with Crippen molar-refractivity contribution < 1.29 is 0 Å². The van der Waals surface area contributed by atoms with E-state index in [9.17, 15) is 0 Å². The fourth-order valence-corrected chi connectivity index (χ4v) is 2.39. The van der Waals surface area contributed by atoms with Gasteiger partial charge in [-0.25, -0.2) is 4.98 Å². The molecular weight excluding hydrogens is 200 g/mol. The van der Waals surface area contributed by atoms with Crippen LogP contribution in [0.4, 0.5) is 5.95 Å². The summed E-state index contributed by atoms with van der Waals surface area (Å²) in [5.41, 5.74) is 1.09. The van der Waals surface area contributed by atoms with Crippen LogP contribution in [0.1, 0.15) is 25.0 Å². The molecule has 2 heterocycles. The number of nitrogens with zero attached hydrogens (tertiary/aromatic N) is 3. The second-order valence-electron chi connectivity index (χ2n) is 4.55. The Morgan fingerprint density at radius 1 is 1.31 bits per heavy atom. The smallest absolute Gasteiger partial charge is 0.202 e. The first-order valence-electron chi connectivity index (χ1n) is 6.23. The van der Waals surface area contributed by atoms with E-state index in [4.69, 9.17) is 0 Å². The fraction of sp³-hybridized carbons (Fsp3) is 0.750. The Hall–Kier alpha value is -1.03. The molecule has 1 aliphatic rings. The van der Waals surface area contributed by atoms with Crippen LogP contribution in [0.15, 0.2) is 6.20 Å². The van der Waals surface area contributed by atoms with E-state index in [1.165, 1.54) is 38.9 Å². The van der Waals surface area contributed by atoms with Gasteiger partial charge in [-0.05, 0) is 45.8 Å². The summed E-state index contributed by atoms with van der Waals surface area (Å²) in [4.78, 5) is 6.98. The summed E-state index contributed by atoms with van der Waals surface area (Å²) in [7, 11) is 1.93. The Labute approximate surface area is 97.7 Å². The van der Waals surface area contributed by atoms with Crippen LogP contribution < -0.4 is 5.32 Å². The minimum absolute atomic E-state index is 0.985. The van der Waals surface area contributed by atoms with Gasteiger partial charge in [-0.2, -0.15) is 0 Å². The van der Waals surface area contributed by atoms with E-state index in [1.807, 2.05) is 14.0 Å². The second kappa shape index (κ2) is 5.34. The summed E-state index contributed by atoms with van der Waals surface area (Å²) in [5, 5.41) is 3.13. The zero-order chi connectivity index (χ0) is 11.4. The third kappa shape index (κ3) is 2.76. The Bertz CT molecular complexity index is 326. The molecule has 1 aliphatic heterocycles. The van der Waals surface area contributed by atoms with Gasteiger partial charge in [0.05, 0.1) is 5.69 Å². The van der Waals surface area contributed by atoms with E-state index in [1.54, 1.807) is 0 Å². The van der Waals surface area contributed by atoms with Crippen LogP contribution in [0.3, 0.4) is 0 Å². The van der Waals surface area contributed by atoms with Crippen molar-refractivity contribution in [2.45, 2.75) is 32.7 Å². The van der Waals surface area contributed by atoms with Gasteiger partial charge in [0.15, 0.2) is 0 Å². The van der Waals surface area contributed by atoms with E-state index >= 15 is 0 Å². The summed E-state index contributed by atoms with van der Waals surface area (Å²) in [6.07, 6.45) is 6.10. The Kier molecular flexibility index (Phi) is 3.83. The maximum Gasteiger partial charge on any atom is 0.202 e. The Balaban J connectivity index is 1.79. The van der Waals surface area contributed by atoms with Crippen molar-refractivity contribution in [1.29, 1.82) is 0 Å². The van der Waals surface area contributed by atoms with Crippen molar-refractivity contribution in [2.75, 3.05) is 32.0 Å². The van der Waals surface area contributed by atoms with Crippen molar-refractivity contribution in [1.82, 2.24) is 14.5 Å². The van der Waals surface area contributed by atoms with Crippen LogP contribution in [-0.4, -0.2) is 41.1 Å². The van der Waals surface area contributed by atoms with E-state index in [-0.39, 0.29) is 0 Å². The van der Waals surface area contributed by atoms with Crippen molar-refractivity contribution >= 4 is 5.95 Å². The van der Waals surface area contributed by atoms with Crippen molar-refractivity contribution in [3.05, 3.63) is 11.9 Å². The van der Waals surface area contributed by atoms with Crippen LogP contribution in [0.2, 0.25) is 0 Å². The van der Waals surface area contributed by atoms with Gasteiger partial charge in [-0.1, -0.05) is 0 Å². The van der Waals surface area contributed by atoms with Gasteiger partial charge in [-0.3, -0.25) is 0 Å². The molecule has 0 spiro atoms. The van der Waals surface area contributed by atoms with Crippen LogP contribution in [0.25, 0.3) is 0 Å². The van der Waals surface area contributed by atoms with Crippen LogP contribution in [0, 0.1) is 6.92 Å². The number of hydrogen-bond acceptors (Lipinski definition) is 3. The summed E-state index contributed by atoms with van der Waals surface area (Å²) >= 11 is 0. The Morgan fingerprint density at radius 2 is 2.06 bits per heavy atom. The maximum absolute atomic E-state index is 4.42. The number of likely N-dealkylation sites (tertiary alicyclic amines) is 1. The van der Waals surface area contributed by atoms with Gasteiger partial charge in [0.2, 0.25) is 5.95 Å². The molecule has 0 atom stereocenters. The normalized spacial score (nSPS) is 16.9. The molecule has 1 fully saturated rings. The number of hydrogen-bond donors (Lipinski definition) is 1. The van der Waals surface area contributed by atoms with Crippen LogP contribution >= 0.6 is 0 Å². The molecule has 0 aliphatic carbocycles. The molecule has 0 aromatic carbocycles. The lowest BCUT2D eigenvalue weighted by Gasteiger charge is -2.14. The molecule has 0 saturated carbocycles. The molecule has 0 radical (unpaired) electrons. The average molecular weight is 222 g/mol. The van der Waals surface area contributed by atoms with Crippen LogP contribution in [-0.2, 0) is 6.54 Å². The van der Waals surface area contributed by atoms with Crippen molar-refractivity contribution in [2.24, 2.45) is 0 Å². The standard InChI is InChI=1S/C12H22N4/c1-11-10-16(12(13-2)14-11)9-5-8-15-6-3-4-7-15/h10H,3-9H2,1-2H3,(H,13,14). The highest BCUT2D eigenvalue weighted by atomic mass is 15.2. The highest BCUT2D eigenvalue weighted by Gasteiger charge is 2.11. The summed E-state index contributed by atoms with van der Waals surface area (Å²) in [6.45, 7) is 6.91. The first-order valence-corrected chi connectivity index (χ1v) is 6.23. The van der Waals surface area contributed by atoms with E-state index < -0.39 is 0 Å². The van der Waals surface area contributed by atoms with Gasteiger partial charge in [-0.15, -0.1) is 0 Å². The molecule has 0 unspecified atom stereocenters. The van der Waals surface area contributed by atoms with Gasteiger partial charge < -0.3 is 14.8 Å². The summed E-state index contributed by atoms with van der Waals surface area (Å²) in [6, 6.07) is 0. The van der Waals surface area contributed by atoms with E-state index in [0.717, 1.165) is 18.2 Å². The highest BCUT2D eigenvalue weighted by molar-refractivity contribution is 5.27. The molecule has 4 nitrogen and oxygen atoms in total. The first-order chi connectivity index (χ1) is 7.79. The molecule has 1 N–H and O–H groups in total. The molecular formula is C12H22N4. The minimum atomic E-state index is 0.985. The molecule has 1 aromatic heterocycles. The number of aryl methyl sites for hydroxylation is 2. The van der Waals surface area contributed by atoms with Gasteiger partial charge in [0.1, 0.15) is 0 Å². The summed E-state index contributed by atoms with van der Waals surface area (Å²) < 4.78 is 2.21. The molecule has 90 valence electrons. The topological polar surface area (TPSA) is 33.1 Å². The zero-order valence-electron chi connectivity index (χ0n) is 10.4. The SMILES string of the molecule is CNc1nc(C)cn1CCCN1CCCC1. The molecule has 1 aromatic rings. The number of aromatic nitrogens is 2.